The van der Waals surface area contributed by atoms with Gasteiger partial charge in [-0.15, -0.1) is 0 Å². The number of nitrogens with zero attached hydrogens (tertiary/aromatic N) is 2. The molecule has 0 fully saturated rings. The van der Waals surface area contributed by atoms with Gasteiger partial charge in [-0.05, 0) is 67.4 Å². The maximum absolute atomic E-state index is 13.2. The molecule has 3 aromatic rings. The van der Waals surface area contributed by atoms with Crippen LogP contribution in [0.2, 0.25) is 0 Å². The lowest BCUT2D eigenvalue weighted by molar-refractivity contribution is 0.628. The van der Waals surface area contributed by atoms with Crippen LogP contribution in [0.15, 0.2) is 48.5 Å². The second kappa shape index (κ2) is 5.73. The van der Waals surface area contributed by atoms with Crippen LogP contribution in [0, 0.1) is 19.7 Å². The molecule has 4 heteroatoms. The van der Waals surface area contributed by atoms with Gasteiger partial charge in [-0.2, -0.15) is 5.10 Å². The Balaban J connectivity index is 2.16. The van der Waals surface area contributed by atoms with Crippen molar-refractivity contribution in [2.45, 2.75) is 20.4 Å². The molecule has 0 amide bonds. The second-order valence-corrected chi connectivity index (χ2v) is 5.41. The Kier molecular flexibility index (Phi) is 3.77. The number of halogens is 1. The minimum absolute atomic E-state index is 0.250. The maximum atomic E-state index is 13.2. The molecule has 0 aliphatic heterocycles. The van der Waals surface area contributed by atoms with E-state index in [0.717, 1.165) is 22.6 Å². The van der Waals surface area contributed by atoms with Gasteiger partial charge in [-0.25, -0.2) is 9.07 Å². The first-order valence-corrected chi connectivity index (χ1v) is 7.21. The monoisotopic (exact) mass is 295 g/mol. The fourth-order valence-corrected chi connectivity index (χ4v) is 2.41. The van der Waals surface area contributed by atoms with Gasteiger partial charge in [0.05, 0.1) is 17.1 Å². The van der Waals surface area contributed by atoms with E-state index in [1.165, 1.54) is 23.3 Å². The summed E-state index contributed by atoms with van der Waals surface area (Å²) in [5.74, 6) is -0.250. The summed E-state index contributed by atoms with van der Waals surface area (Å²) in [5, 5.41) is 4.57. The minimum Gasteiger partial charge on any atom is -0.325 e. The average Bonchev–Trinajstić information content (AvgIpc) is 2.95. The molecule has 0 bridgehead atoms. The number of nitrogens with two attached hydrogens (primary N) is 1. The Morgan fingerprint density at radius 3 is 2.36 bits per heavy atom. The smallest absolute Gasteiger partial charge is 0.123 e. The third kappa shape index (κ3) is 2.65. The van der Waals surface area contributed by atoms with Crippen molar-refractivity contribution in [1.82, 2.24) is 9.78 Å². The van der Waals surface area contributed by atoms with Crippen LogP contribution in [0.5, 0.6) is 0 Å². The molecule has 2 N–H and O–H groups in total. The molecule has 0 spiro atoms. The van der Waals surface area contributed by atoms with Crippen LogP contribution < -0.4 is 5.73 Å². The summed E-state index contributed by atoms with van der Waals surface area (Å²) in [6.07, 6.45) is 0. The average molecular weight is 295 g/mol. The Labute approximate surface area is 129 Å². The minimum atomic E-state index is -0.250. The number of rotatable bonds is 3. The molecule has 1 heterocycles. The Morgan fingerprint density at radius 1 is 1.00 bits per heavy atom. The standard InChI is InChI=1S/C18H18FN3/c1-12-3-8-17(9-13(12)2)22-18(10-16(11-20)21-22)14-4-6-15(19)7-5-14/h3-10H,11,20H2,1-2H3. The van der Waals surface area contributed by atoms with Crippen LogP contribution in [0.25, 0.3) is 16.9 Å². The molecule has 0 saturated carbocycles. The molecule has 0 unspecified atom stereocenters. The normalized spacial score (nSPS) is 10.9. The second-order valence-electron chi connectivity index (χ2n) is 5.41. The molecule has 1 aromatic heterocycles. The Bertz CT molecular complexity index is 804. The number of hydrogen-bond acceptors (Lipinski definition) is 2. The van der Waals surface area contributed by atoms with Gasteiger partial charge in [0.1, 0.15) is 5.82 Å². The number of hydrogen-bond donors (Lipinski definition) is 1. The van der Waals surface area contributed by atoms with Crippen molar-refractivity contribution in [2.24, 2.45) is 5.73 Å². The molecule has 3 nitrogen and oxygen atoms in total. The van der Waals surface area contributed by atoms with E-state index < -0.39 is 0 Å². The fraction of sp³-hybridized carbons (Fsp3) is 0.167. The van der Waals surface area contributed by atoms with E-state index in [1.807, 2.05) is 16.8 Å². The highest BCUT2D eigenvalue weighted by atomic mass is 19.1. The van der Waals surface area contributed by atoms with E-state index in [1.54, 1.807) is 12.1 Å². The van der Waals surface area contributed by atoms with E-state index in [2.05, 4.69) is 31.1 Å². The summed E-state index contributed by atoms with van der Waals surface area (Å²) >= 11 is 0. The van der Waals surface area contributed by atoms with Gasteiger partial charge in [-0.3, -0.25) is 0 Å². The van der Waals surface area contributed by atoms with Crippen molar-refractivity contribution in [3.63, 3.8) is 0 Å². The van der Waals surface area contributed by atoms with Gasteiger partial charge in [0, 0.05) is 12.1 Å². The van der Waals surface area contributed by atoms with Crippen molar-refractivity contribution in [2.75, 3.05) is 0 Å². The van der Waals surface area contributed by atoms with E-state index >= 15 is 0 Å². The first kappa shape index (κ1) is 14.5. The molecule has 22 heavy (non-hydrogen) atoms. The highest BCUT2D eigenvalue weighted by Crippen LogP contribution is 2.25. The largest absolute Gasteiger partial charge is 0.325 e. The summed E-state index contributed by atoms with van der Waals surface area (Å²) in [4.78, 5) is 0. The predicted octanol–water partition coefficient (Wildman–Crippen LogP) is 3.75. The Morgan fingerprint density at radius 2 is 1.73 bits per heavy atom. The van der Waals surface area contributed by atoms with Crippen LogP contribution in [0.3, 0.4) is 0 Å². The SMILES string of the molecule is Cc1ccc(-n2nc(CN)cc2-c2ccc(F)cc2)cc1C. The van der Waals surface area contributed by atoms with Gasteiger partial charge >= 0.3 is 0 Å². The molecule has 112 valence electrons. The zero-order chi connectivity index (χ0) is 15.7. The van der Waals surface area contributed by atoms with Crippen molar-refractivity contribution in [1.29, 1.82) is 0 Å². The van der Waals surface area contributed by atoms with Gasteiger partial charge in [0.15, 0.2) is 0 Å². The first-order valence-electron chi connectivity index (χ1n) is 7.21. The molecule has 2 aromatic carbocycles. The first-order chi connectivity index (χ1) is 10.6. The molecular formula is C18H18FN3. The van der Waals surface area contributed by atoms with Crippen molar-refractivity contribution < 1.29 is 4.39 Å². The zero-order valence-corrected chi connectivity index (χ0v) is 12.7. The fourth-order valence-electron chi connectivity index (χ4n) is 2.41. The van der Waals surface area contributed by atoms with Gasteiger partial charge in [0.2, 0.25) is 0 Å². The van der Waals surface area contributed by atoms with Gasteiger partial charge in [-0.1, -0.05) is 6.07 Å². The summed E-state index contributed by atoms with van der Waals surface area (Å²) in [7, 11) is 0. The van der Waals surface area contributed by atoms with Crippen LogP contribution in [-0.2, 0) is 6.54 Å². The van der Waals surface area contributed by atoms with E-state index in [9.17, 15) is 4.39 Å². The van der Waals surface area contributed by atoms with Crippen molar-refractivity contribution in [3.05, 3.63) is 71.2 Å². The summed E-state index contributed by atoms with van der Waals surface area (Å²) in [6, 6.07) is 14.6. The molecule has 0 radical (unpaired) electrons. The van der Waals surface area contributed by atoms with E-state index in [0.29, 0.717) is 6.54 Å². The zero-order valence-electron chi connectivity index (χ0n) is 12.7. The summed E-state index contributed by atoms with van der Waals surface area (Å²) in [6.45, 7) is 4.52. The molecule has 0 saturated heterocycles. The molecule has 0 atom stereocenters. The van der Waals surface area contributed by atoms with Crippen molar-refractivity contribution in [3.8, 4) is 16.9 Å². The van der Waals surface area contributed by atoms with Crippen LogP contribution in [0.4, 0.5) is 4.39 Å². The Hall–Kier alpha value is -2.46. The lowest BCUT2D eigenvalue weighted by Crippen LogP contribution is -2.02. The van der Waals surface area contributed by atoms with Gasteiger partial charge < -0.3 is 5.73 Å². The molecule has 0 aliphatic carbocycles. The highest BCUT2D eigenvalue weighted by Gasteiger charge is 2.11. The third-order valence-corrected chi connectivity index (χ3v) is 3.84. The highest BCUT2D eigenvalue weighted by molar-refractivity contribution is 5.63. The van der Waals surface area contributed by atoms with Crippen LogP contribution in [0.1, 0.15) is 16.8 Å². The molecular weight excluding hydrogens is 277 g/mol. The summed E-state index contributed by atoms with van der Waals surface area (Å²) in [5.41, 5.74) is 11.8. The number of aromatic nitrogens is 2. The predicted molar refractivity (Wildman–Crippen MR) is 86.3 cm³/mol. The van der Waals surface area contributed by atoms with Crippen LogP contribution in [-0.4, -0.2) is 9.78 Å². The number of benzene rings is 2. The third-order valence-electron chi connectivity index (χ3n) is 3.84. The van der Waals surface area contributed by atoms with Gasteiger partial charge in [0.25, 0.3) is 0 Å². The van der Waals surface area contributed by atoms with Crippen molar-refractivity contribution >= 4 is 0 Å². The lowest BCUT2D eigenvalue weighted by atomic mass is 10.1. The summed E-state index contributed by atoms with van der Waals surface area (Å²) < 4.78 is 15.0. The maximum Gasteiger partial charge on any atom is 0.123 e. The number of aryl methyl sites for hydroxylation is 2. The lowest BCUT2D eigenvalue weighted by Gasteiger charge is -2.10. The topological polar surface area (TPSA) is 43.8 Å². The quantitative estimate of drug-likeness (QED) is 0.799. The molecule has 3 rings (SSSR count). The molecule has 0 aliphatic rings. The van der Waals surface area contributed by atoms with E-state index in [-0.39, 0.29) is 5.82 Å². The van der Waals surface area contributed by atoms with E-state index in [4.69, 9.17) is 5.73 Å². The van der Waals surface area contributed by atoms with Crippen LogP contribution >= 0.6 is 0 Å².